The Hall–Kier alpha value is -5.24. The Bertz CT molecular complexity index is 1550. The van der Waals surface area contributed by atoms with E-state index in [1.807, 2.05) is 60.7 Å². The molecule has 0 bridgehead atoms. The van der Waals surface area contributed by atoms with Crippen LogP contribution < -0.4 is 9.47 Å². The molecule has 0 amide bonds. The third-order valence-electron chi connectivity index (χ3n) is 5.79. The van der Waals surface area contributed by atoms with Crippen LogP contribution in [0.25, 0.3) is 22.5 Å². The number of aromatic nitrogens is 3. The number of ether oxygens (including phenoxy) is 3. The number of carbonyl (C=O) groups is 1. The Morgan fingerprint density at radius 1 is 0.684 bits per heavy atom. The molecule has 0 radical (unpaired) electrons. The molecule has 0 aliphatic heterocycles. The number of hydrogen-bond acceptors (Lipinski definition) is 7. The smallest absolute Gasteiger partial charge is 0.344 e. The average molecular weight is 505 g/mol. The zero-order valence-corrected chi connectivity index (χ0v) is 20.8. The minimum Gasteiger partial charge on any atom is -0.497 e. The second-order valence-corrected chi connectivity index (χ2v) is 8.16. The molecule has 0 aliphatic rings. The lowest BCUT2D eigenvalue weighted by molar-refractivity contribution is 0.0716. The highest BCUT2D eigenvalue weighted by atomic mass is 16.5. The first-order chi connectivity index (χ1) is 18.7. The van der Waals surface area contributed by atoms with Gasteiger partial charge in [-0.15, -0.1) is 15.0 Å². The number of carbonyl (C=O) groups excluding carboxylic acids is 1. The highest BCUT2D eigenvalue weighted by Crippen LogP contribution is 2.30. The molecule has 8 nitrogen and oxygen atoms in total. The first-order valence-electron chi connectivity index (χ1n) is 11.8. The van der Waals surface area contributed by atoms with Gasteiger partial charge in [0.05, 0.1) is 19.8 Å². The Labute approximate surface area is 219 Å². The van der Waals surface area contributed by atoms with Crippen LogP contribution in [0.5, 0.6) is 11.5 Å². The van der Waals surface area contributed by atoms with Crippen molar-refractivity contribution in [1.82, 2.24) is 15.1 Å². The molecule has 5 aromatic rings. The second kappa shape index (κ2) is 11.2. The molecule has 188 valence electrons. The molecule has 0 saturated carbocycles. The Morgan fingerprint density at radius 2 is 1.21 bits per heavy atom. The Kier molecular flexibility index (Phi) is 7.22. The van der Waals surface area contributed by atoms with E-state index in [0.717, 1.165) is 11.1 Å². The zero-order valence-electron chi connectivity index (χ0n) is 20.8. The van der Waals surface area contributed by atoms with Crippen molar-refractivity contribution in [1.29, 1.82) is 0 Å². The van der Waals surface area contributed by atoms with Crippen molar-refractivity contribution in [3.8, 4) is 34.0 Å². The number of rotatable bonds is 7. The maximum Gasteiger partial charge on any atom is 0.344 e. The van der Waals surface area contributed by atoms with E-state index in [9.17, 15) is 4.79 Å². The molecule has 0 N–H and O–H groups in total. The molecule has 0 spiro atoms. The molecule has 1 aromatic heterocycles. The van der Waals surface area contributed by atoms with E-state index < -0.39 is 5.97 Å². The lowest BCUT2D eigenvalue weighted by Gasteiger charge is -2.10. The molecule has 0 atom stereocenters. The van der Waals surface area contributed by atoms with E-state index in [0.29, 0.717) is 34.0 Å². The van der Waals surface area contributed by atoms with Gasteiger partial charge in [0.1, 0.15) is 22.9 Å². The van der Waals surface area contributed by atoms with Gasteiger partial charge in [-0.2, -0.15) is 0 Å². The van der Waals surface area contributed by atoms with Crippen LogP contribution in [0.15, 0.2) is 114 Å². The van der Waals surface area contributed by atoms with Crippen molar-refractivity contribution >= 4 is 11.9 Å². The highest BCUT2D eigenvalue weighted by molar-refractivity contribution is 6.05. The molecular formula is C30H24N4O4. The van der Waals surface area contributed by atoms with Crippen molar-refractivity contribution in [2.24, 2.45) is 5.10 Å². The number of esters is 1. The van der Waals surface area contributed by atoms with Gasteiger partial charge < -0.3 is 14.2 Å². The standard InChI is InChI=1S/C30H24N4O4/c1-36-25-17-13-23(14-18-25)29(38-30(35)24-15-19-26(37-2)20-16-24)32-34-28(22-11-7-4-8-12-22)27(31-33-34)21-9-5-3-6-10-21/h3-20H,1-2H3/b32-29+. The molecule has 38 heavy (non-hydrogen) atoms. The summed E-state index contributed by atoms with van der Waals surface area (Å²) in [5, 5.41) is 13.4. The summed E-state index contributed by atoms with van der Waals surface area (Å²) in [5.74, 6) is 0.767. The number of methoxy groups -OCH3 is 2. The normalized spacial score (nSPS) is 11.2. The van der Waals surface area contributed by atoms with Gasteiger partial charge in [-0.3, -0.25) is 0 Å². The fourth-order valence-electron chi connectivity index (χ4n) is 3.81. The minimum absolute atomic E-state index is 0.0511. The molecule has 0 saturated heterocycles. The summed E-state index contributed by atoms with van der Waals surface area (Å²) in [6, 6.07) is 33.1. The highest BCUT2D eigenvalue weighted by Gasteiger charge is 2.20. The number of benzene rings is 4. The zero-order chi connectivity index (χ0) is 26.3. The largest absolute Gasteiger partial charge is 0.497 e. The van der Waals surface area contributed by atoms with Gasteiger partial charge >= 0.3 is 5.97 Å². The van der Waals surface area contributed by atoms with Crippen LogP contribution in [0.4, 0.5) is 0 Å². The Morgan fingerprint density at radius 3 is 1.76 bits per heavy atom. The summed E-state index contributed by atoms with van der Waals surface area (Å²) in [6.45, 7) is 0. The SMILES string of the molecule is COc1ccc(C(=O)O/C(=N/n2nnc(-c3ccccc3)c2-c2ccccc2)c2ccc(OC)cc2)cc1. The van der Waals surface area contributed by atoms with Gasteiger partial charge in [-0.1, -0.05) is 60.7 Å². The summed E-state index contributed by atoms with van der Waals surface area (Å²) < 4.78 is 16.3. The van der Waals surface area contributed by atoms with E-state index in [4.69, 9.17) is 14.2 Å². The van der Waals surface area contributed by atoms with E-state index in [2.05, 4.69) is 15.4 Å². The molecule has 0 unspecified atom stereocenters. The first-order valence-corrected chi connectivity index (χ1v) is 11.8. The van der Waals surface area contributed by atoms with E-state index in [-0.39, 0.29) is 5.90 Å². The van der Waals surface area contributed by atoms with Gasteiger partial charge in [0.25, 0.3) is 0 Å². The fourth-order valence-corrected chi connectivity index (χ4v) is 3.81. The first kappa shape index (κ1) is 24.5. The van der Waals surface area contributed by atoms with Gasteiger partial charge in [-0.05, 0) is 53.7 Å². The van der Waals surface area contributed by atoms with E-state index >= 15 is 0 Å². The van der Waals surface area contributed by atoms with Gasteiger partial charge in [0.15, 0.2) is 0 Å². The lowest BCUT2D eigenvalue weighted by Crippen LogP contribution is -2.16. The molecule has 0 fully saturated rings. The predicted octanol–water partition coefficient (Wildman–Crippen LogP) is 5.70. The topological polar surface area (TPSA) is 87.8 Å². The van der Waals surface area contributed by atoms with Crippen LogP contribution in [0.3, 0.4) is 0 Å². The van der Waals surface area contributed by atoms with Crippen LogP contribution in [0, 0.1) is 0 Å². The number of hydrogen-bond donors (Lipinski definition) is 0. The molecule has 8 heteroatoms. The maximum atomic E-state index is 13.1. The molecule has 4 aromatic carbocycles. The molecule has 5 rings (SSSR count). The monoisotopic (exact) mass is 504 g/mol. The van der Waals surface area contributed by atoms with E-state index in [1.165, 1.54) is 4.79 Å². The summed E-state index contributed by atoms with van der Waals surface area (Å²) in [7, 11) is 3.15. The summed E-state index contributed by atoms with van der Waals surface area (Å²) in [4.78, 5) is 14.5. The fraction of sp³-hybridized carbons (Fsp3) is 0.0667. The second-order valence-electron chi connectivity index (χ2n) is 8.16. The van der Waals surface area contributed by atoms with Crippen LogP contribution in [0.1, 0.15) is 15.9 Å². The third-order valence-corrected chi connectivity index (χ3v) is 5.79. The quantitative estimate of drug-likeness (QED) is 0.161. The van der Waals surface area contributed by atoms with Gasteiger partial charge in [0.2, 0.25) is 5.90 Å². The van der Waals surface area contributed by atoms with Crippen molar-refractivity contribution in [3.05, 3.63) is 120 Å². The molecule has 1 heterocycles. The van der Waals surface area contributed by atoms with Crippen molar-refractivity contribution in [2.45, 2.75) is 0 Å². The number of nitrogens with zero attached hydrogens (tertiary/aromatic N) is 4. The van der Waals surface area contributed by atoms with Gasteiger partial charge in [-0.25, -0.2) is 4.79 Å². The van der Waals surface area contributed by atoms with Crippen molar-refractivity contribution in [3.63, 3.8) is 0 Å². The van der Waals surface area contributed by atoms with E-state index in [1.54, 1.807) is 62.8 Å². The summed E-state index contributed by atoms with van der Waals surface area (Å²) in [6.07, 6.45) is 0. The third kappa shape index (κ3) is 5.29. The van der Waals surface area contributed by atoms with Crippen LogP contribution >= 0.6 is 0 Å². The molecular weight excluding hydrogens is 480 g/mol. The van der Waals surface area contributed by atoms with Crippen LogP contribution in [-0.4, -0.2) is 41.2 Å². The lowest BCUT2D eigenvalue weighted by atomic mass is 10.1. The van der Waals surface area contributed by atoms with Crippen LogP contribution in [0.2, 0.25) is 0 Å². The van der Waals surface area contributed by atoms with Crippen molar-refractivity contribution < 1.29 is 19.0 Å². The average Bonchev–Trinajstić information content (AvgIpc) is 3.41. The maximum absolute atomic E-state index is 13.1. The van der Waals surface area contributed by atoms with Gasteiger partial charge in [0, 0.05) is 16.7 Å². The van der Waals surface area contributed by atoms with Crippen molar-refractivity contribution in [2.75, 3.05) is 14.2 Å². The van der Waals surface area contributed by atoms with Crippen LogP contribution in [-0.2, 0) is 4.74 Å². The summed E-state index contributed by atoms with van der Waals surface area (Å²) in [5.41, 5.74) is 3.95. The predicted molar refractivity (Wildman–Crippen MR) is 144 cm³/mol. The minimum atomic E-state index is -0.577. The molecule has 0 aliphatic carbocycles. The summed E-state index contributed by atoms with van der Waals surface area (Å²) >= 11 is 0. The Balaban J connectivity index is 1.61.